The smallest absolute Gasteiger partial charge is 0.221 e. The number of hydrogen-bond acceptors (Lipinski definition) is 6. The van der Waals surface area contributed by atoms with Crippen molar-refractivity contribution in [2.75, 3.05) is 13.2 Å². The minimum Gasteiger partial charge on any atom is -0.391 e. The van der Waals surface area contributed by atoms with Gasteiger partial charge in [-0.15, -0.1) is 0 Å². The molecule has 4 N–H and O–H groups in total. The van der Waals surface area contributed by atoms with Gasteiger partial charge in [-0.1, -0.05) is 0 Å². The summed E-state index contributed by atoms with van der Waals surface area (Å²) in [7, 11) is 0. The van der Waals surface area contributed by atoms with Crippen LogP contribution in [0.5, 0.6) is 0 Å². The zero-order valence-corrected chi connectivity index (χ0v) is 6.83. The van der Waals surface area contributed by atoms with Crippen molar-refractivity contribution in [1.29, 1.82) is 0 Å². The van der Waals surface area contributed by atoms with Crippen LogP contribution in [-0.2, 0) is 9.47 Å². The molecule has 6 heteroatoms. The summed E-state index contributed by atoms with van der Waals surface area (Å²) in [6, 6.07) is 0. The van der Waals surface area contributed by atoms with E-state index in [0.29, 0.717) is 0 Å². The third-order valence-corrected chi connectivity index (χ3v) is 2.57. The van der Waals surface area contributed by atoms with Crippen LogP contribution in [0, 0.1) is 0 Å². The number of aliphatic hydroxyl groups is 4. The lowest BCUT2D eigenvalue weighted by molar-refractivity contribution is -0.305. The highest BCUT2D eigenvalue weighted by Gasteiger charge is 2.58. The predicted molar refractivity (Wildman–Crippen MR) is 38.7 cm³/mol. The Morgan fingerprint density at radius 3 is 2.54 bits per heavy atom. The summed E-state index contributed by atoms with van der Waals surface area (Å²) in [5, 5.41) is 37.1. The first-order valence-corrected chi connectivity index (χ1v) is 4.07. The van der Waals surface area contributed by atoms with Crippen LogP contribution >= 0.6 is 0 Å². The molecular formula is C7H12O6. The molecule has 0 aromatic carbocycles. The third-order valence-electron chi connectivity index (χ3n) is 2.57. The second-order valence-electron chi connectivity index (χ2n) is 3.36. The zero-order chi connectivity index (χ0) is 9.64. The van der Waals surface area contributed by atoms with Crippen LogP contribution in [0.4, 0.5) is 0 Å². The first-order valence-electron chi connectivity index (χ1n) is 4.07. The molecule has 5 atom stereocenters. The molecule has 2 bridgehead atoms. The molecule has 76 valence electrons. The molecule has 0 spiro atoms. The maximum atomic E-state index is 9.47. The Kier molecular flexibility index (Phi) is 2.06. The zero-order valence-electron chi connectivity index (χ0n) is 6.83. The summed E-state index contributed by atoms with van der Waals surface area (Å²) in [4.78, 5) is 0. The molecule has 0 radical (unpaired) electrons. The van der Waals surface area contributed by atoms with Crippen LogP contribution in [0.2, 0.25) is 0 Å². The molecule has 0 aromatic heterocycles. The van der Waals surface area contributed by atoms with E-state index in [2.05, 4.69) is 0 Å². The summed E-state index contributed by atoms with van der Waals surface area (Å²) in [6.45, 7) is -0.482. The lowest BCUT2D eigenvalue weighted by Crippen LogP contribution is -2.62. The molecule has 2 fully saturated rings. The van der Waals surface area contributed by atoms with E-state index >= 15 is 0 Å². The highest BCUT2D eigenvalue weighted by Crippen LogP contribution is 2.36. The van der Waals surface area contributed by atoms with Crippen LogP contribution < -0.4 is 0 Å². The van der Waals surface area contributed by atoms with E-state index in [9.17, 15) is 15.3 Å². The van der Waals surface area contributed by atoms with Gasteiger partial charge < -0.3 is 29.9 Å². The largest absolute Gasteiger partial charge is 0.391 e. The van der Waals surface area contributed by atoms with Gasteiger partial charge in [0.2, 0.25) is 5.79 Å². The fraction of sp³-hybridized carbons (Fsp3) is 1.00. The number of hydrogen-bond donors (Lipinski definition) is 4. The van der Waals surface area contributed by atoms with E-state index in [0.717, 1.165) is 0 Å². The van der Waals surface area contributed by atoms with Gasteiger partial charge in [0, 0.05) is 0 Å². The van der Waals surface area contributed by atoms with Crippen LogP contribution in [0.3, 0.4) is 0 Å². The number of fused-ring (bicyclic) bond motifs is 2. The first-order chi connectivity index (χ1) is 6.10. The van der Waals surface area contributed by atoms with Gasteiger partial charge in [0.05, 0.1) is 6.61 Å². The van der Waals surface area contributed by atoms with Crippen molar-refractivity contribution in [2.24, 2.45) is 0 Å². The summed E-state index contributed by atoms with van der Waals surface area (Å²) in [5.41, 5.74) is 0. The summed E-state index contributed by atoms with van der Waals surface area (Å²) in [6.07, 6.45) is -4.61. The van der Waals surface area contributed by atoms with Gasteiger partial charge >= 0.3 is 0 Å². The van der Waals surface area contributed by atoms with E-state index in [1.807, 2.05) is 0 Å². The predicted octanol–water partition coefficient (Wildman–Crippen LogP) is -2.81. The van der Waals surface area contributed by atoms with E-state index in [4.69, 9.17) is 14.6 Å². The number of rotatable bonds is 1. The average molecular weight is 192 g/mol. The molecule has 0 unspecified atom stereocenters. The second kappa shape index (κ2) is 2.88. The molecule has 2 aliphatic rings. The van der Waals surface area contributed by atoms with E-state index in [-0.39, 0.29) is 6.61 Å². The Morgan fingerprint density at radius 2 is 1.92 bits per heavy atom. The molecule has 2 rings (SSSR count). The van der Waals surface area contributed by atoms with Gasteiger partial charge in [-0.25, -0.2) is 0 Å². The van der Waals surface area contributed by atoms with Crippen molar-refractivity contribution in [3.8, 4) is 0 Å². The second-order valence-corrected chi connectivity index (χ2v) is 3.36. The van der Waals surface area contributed by atoms with E-state index in [1.54, 1.807) is 0 Å². The molecule has 0 aromatic rings. The SMILES string of the molecule is OC[C@@]12OC[C@H](O1)[C@@H](O)[C@H](O)[C@@H]2O. The van der Waals surface area contributed by atoms with Crippen LogP contribution in [-0.4, -0.2) is 63.8 Å². The van der Waals surface area contributed by atoms with E-state index < -0.39 is 36.8 Å². The van der Waals surface area contributed by atoms with Crippen LogP contribution in [0.25, 0.3) is 0 Å². The van der Waals surface area contributed by atoms with Crippen molar-refractivity contribution < 1.29 is 29.9 Å². The van der Waals surface area contributed by atoms with Crippen molar-refractivity contribution >= 4 is 0 Å². The molecule has 2 saturated heterocycles. The summed E-state index contributed by atoms with van der Waals surface area (Å²) in [5.74, 6) is -1.55. The Hall–Kier alpha value is -0.240. The number of ether oxygens (including phenoxy) is 2. The fourth-order valence-electron chi connectivity index (χ4n) is 1.71. The minimum atomic E-state index is -1.55. The maximum absolute atomic E-state index is 9.47. The van der Waals surface area contributed by atoms with Crippen molar-refractivity contribution in [3.05, 3.63) is 0 Å². The van der Waals surface area contributed by atoms with E-state index in [1.165, 1.54) is 0 Å². The topological polar surface area (TPSA) is 99.4 Å². The molecule has 0 saturated carbocycles. The molecule has 0 aliphatic carbocycles. The maximum Gasteiger partial charge on any atom is 0.221 e. The average Bonchev–Trinajstić information content (AvgIpc) is 2.55. The monoisotopic (exact) mass is 192 g/mol. The highest BCUT2D eigenvalue weighted by molar-refractivity contribution is 5.00. The first kappa shape index (κ1) is 9.32. The Morgan fingerprint density at radius 1 is 1.23 bits per heavy atom. The van der Waals surface area contributed by atoms with Gasteiger partial charge in [0.25, 0.3) is 0 Å². The molecule has 6 nitrogen and oxygen atoms in total. The van der Waals surface area contributed by atoms with Gasteiger partial charge in [0.1, 0.15) is 31.0 Å². The third kappa shape index (κ3) is 1.11. The van der Waals surface area contributed by atoms with Gasteiger partial charge in [0.15, 0.2) is 0 Å². The van der Waals surface area contributed by atoms with Gasteiger partial charge in [-0.05, 0) is 0 Å². The standard InChI is InChI=1S/C7H12O6/c8-2-7-6(11)5(10)4(9)3(13-7)1-12-7/h3-6,8-11H,1-2H2/t3-,4+,5-,6-,7+/m0/s1. The Labute approximate surface area is 74.3 Å². The lowest BCUT2D eigenvalue weighted by atomic mass is 9.95. The lowest BCUT2D eigenvalue weighted by Gasteiger charge is -2.39. The molecule has 0 amide bonds. The highest BCUT2D eigenvalue weighted by atomic mass is 16.8. The van der Waals surface area contributed by atoms with Gasteiger partial charge in [-0.3, -0.25) is 0 Å². The molecule has 13 heavy (non-hydrogen) atoms. The van der Waals surface area contributed by atoms with Crippen molar-refractivity contribution in [3.63, 3.8) is 0 Å². The molecule has 2 aliphatic heterocycles. The van der Waals surface area contributed by atoms with Crippen molar-refractivity contribution in [1.82, 2.24) is 0 Å². The normalized spacial score (nSPS) is 55.4. The quantitative estimate of drug-likeness (QED) is 0.358. The minimum absolute atomic E-state index is 0.0653. The fourth-order valence-corrected chi connectivity index (χ4v) is 1.71. The summed E-state index contributed by atoms with van der Waals surface area (Å²) >= 11 is 0. The Balaban J connectivity index is 2.25. The van der Waals surface area contributed by atoms with Gasteiger partial charge in [-0.2, -0.15) is 0 Å². The van der Waals surface area contributed by atoms with Crippen LogP contribution in [0.15, 0.2) is 0 Å². The van der Waals surface area contributed by atoms with Crippen molar-refractivity contribution in [2.45, 2.75) is 30.2 Å². The van der Waals surface area contributed by atoms with Crippen LogP contribution in [0.1, 0.15) is 0 Å². The number of aliphatic hydroxyl groups excluding tert-OH is 4. The molecule has 2 heterocycles. The molecular weight excluding hydrogens is 180 g/mol. The Bertz CT molecular complexity index is 209. The summed E-state index contributed by atoms with van der Waals surface area (Å²) < 4.78 is 10.1.